The summed E-state index contributed by atoms with van der Waals surface area (Å²) in [5, 5.41) is 7.63. The molecule has 0 spiro atoms. The number of hydrogen-bond donors (Lipinski definition) is 1. The van der Waals surface area contributed by atoms with Gasteiger partial charge in [0.15, 0.2) is 5.69 Å². The number of benzene rings is 1. The second-order valence-corrected chi connectivity index (χ2v) is 5.69. The first-order valence-electron chi connectivity index (χ1n) is 7.64. The number of rotatable bonds is 3. The van der Waals surface area contributed by atoms with Crippen molar-refractivity contribution in [3.05, 3.63) is 54.9 Å². The molecular weight excluding hydrogens is 318 g/mol. The van der Waals surface area contributed by atoms with Crippen molar-refractivity contribution in [2.75, 3.05) is 5.32 Å². The Hall–Kier alpha value is -3.55. The molecule has 1 amide bonds. The molecule has 0 fully saturated rings. The van der Waals surface area contributed by atoms with Crippen molar-refractivity contribution < 1.29 is 4.79 Å². The summed E-state index contributed by atoms with van der Waals surface area (Å²) in [6.07, 6.45) is 6.93. The first-order chi connectivity index (χ1) is 12.1. The normalized spacial score (nSPS) is 11.0. The molecule has 0 radical (unpaired) electrons. The van der Waals surface area contributed by atoms with E-state index in [9.17, 15) is 4.79 Å². The Balaban J connectivity index is 1.67. The monoisotopic (exact) mass is 333 g/mol. The fourth-order valence-corrected chi connectivity index (χ4v) is 2.58. The number of anilines is 1. The molecule has 1 aromatic carbocycles. The Morgan fingerprint density at radius 3 is 2.76 bits per heavy atom. The molecule has 124 valence electrons. The average molecular weight is 333 g/mol. The van der Waals surface area contributed by atoms with Gasteiger partial charge in [-0.3, -0.25) is 14.8 Å². The predicted molar refractivity (Wildman–Crippen MR) is 92.9 cm³/mol. The van der Waals surface area contributed by atoms with E-state index in [0.29, 0.717) is 5.69 Å². The number of nitrogens with one attached hydrogen (secondary N) is 1. The number of amides is 1. The van der Waals surface area contributed by atoms with Crippen molar-refractivity contribution in [1.82, 2.24) is 29.3 Å². The fraction of sp³-hybridized carbons (Fsp3) is 0.118. The number of fused-ring (bicyclic) bond motifs is 1. The van der Waals surface area contributed by atoms with Gasteiger partial charge in [-0.15, -0.1) is 0 Å². The van der Waals surface area contributed by atoms with Crippen molar-refractivity contribution >= 4 is 22.8 Å². The van der Waals surface area contributed by atoms with E-state index in [1.165, 1.54) is 0 Å². The van der Waals surface area contributed by atoms with Crippen LogP contribution in [0.3, 0.4) is 0 Å². The Kier molecular flexibility index (Phi) is 3.50. The van der Waals surface area contributed by atoms with Crippen LogP contribution >= 0.6 is 0 Å². The molecule has 0 aliphatic rings. The Labute approximate surface area is 143 Å². The topological polar surface area (TPSA) is 90.5 Å². The van der Waals surface area contributed by atoms with E-state index in [2.05, 4.69) is 25.4 Å². The molecule has 25 heavy (non-hydrogen) atoms. The summed E-state index contributed by atoms with van der Waals surface area (Å²) in [5.74, 6) is -0.104. The Morgan fingerprint density at radius 1 is 1.16 bits per heavy atom. The lowest BCUT2D eigenvalue weighted by atomic mass is 10.1. The summed E-state index contributed by atoms with van der Waals surface area (Å²) in [4.78, 5) is 25.0. The van der Waals surface area contributed by atoms with Gasteiger partial charge in [0.05, 0.1) is 23.7 Å². The summed E-state index contributed by atoms with van der Waals surface area (Å²) in [6, 6.07) is 7.53. The molecule has 3 aromatic heterocycles. The fourth-order valence-electron chi connectivity index (χ4n) is 2.58. The van der Waals surface area contributed by atoms with Gasteiger partial charge in [0.2, 0.25) is 5.95 Å². The van der Waals surface area contributed by atoms with Crippen LogP contribution in [-0.4, -0.2) is 35.2 Å². The van der Waals surface area contributed by atoms with Gasteiger partial charge in [-0.2, -0.15) is 5.10 Å². The van der Waals surface area contributed by atoms with Gasteiger partial charge in [0, 0.05) is 37.4 Å². The third kappa shape index (κ3) is 2.85. The maximum atomic E-state index is 12.2. The second-order valence-electron chi connectivity index (χ2n) is 5.69. The van der Waals surface area contributed by atoms with E-state index >= 15 is 0 Å². The summed E-state index contributed by atoms with van der Waals surface area (Å²) >= 11 is 0. The molecular formula is C17H15N7O. The van der Waals surface area contributed by atoms with E-state index in [-0.39, 0.29) is 11.9 Å². The Morgan fingerprint density at radius 2 is 2.04 bits per heavy atom. The molecule has 1 N–H and O–H groups in total. The van der Waals surface area contributed by atoms with Crippen molar-refractivity contribution in [1.29, 1.82) is 0 Å². The molecule has 0 aliphatic carbocycles. The van der Waals surface area contributed by atoms with E-state index in [0.717, 1.165) is 22.2 Å². The van der Waals surface area contributed by atoms with Gasteiger partial charge >= 0.3 is 0 Å². The smallest absolute Gasteiger partial charge is 0.278 e. The highest BCUT2D eigenvalue weighted by molar-refractivity contribution is 6.02. The van der Waals surface area contributed by atoms with Gasteiger partial charge in [-0.25, -0.2) is 15.0 Å². The van der Waals surface area contributed by atoms with Crippen LogP contribution in [0.1, 0.15) is 10.5 Å². The van der Waals surface area contributed by atoms with Gasteiger partial charge in [0.25, 0.3) is 5.91 Å². The van der Waals surface area contributed by atoms with E-state index in [1.807, 2.05) is 29.8 Å². The van der Waals surface area contributed by atoms with Gasteiger partial charge < -0.3 is 4.57 Å². The van der Waals surface area contributed by atoms with Crippen LogP contribution < -0.4 is 5.32 Å². The molecule has 8 nitrogen and oxygen atoms in total. The van der Waals surface area contributed by atoms with Gasteiger partial charge in [0.1, 0.15) is 0 Å². The zero-order valence-electron chi connectivity index (χ0n) is 13.7. The minimum Gasteiger partial charge on any atom is -0.334 e. The first-order valence-corrected chi connectivity index (χ1v) is 7.64. The summed E-state index contributed by atoms with van der Waals surface area (Å²) < 4.78 is 3.50. The molecule has 0 aliphatic heterocycles. The largest absolute Gasteiger partial charge is 0.334 e. The number of hydrogen-bond acceptors (Lipinski definition) is 5. The van der Waals surface area contributed by atoms with Crippen molar-refractivity contribution in [3.63, 3.8) is 0 Å². The lowest BCUT2D eigenvalue weighted by Gasteiger charge is -2.06. The third-order valence-corrected chi connectivity index (χ3v) is 3.87. The minimum atomic E-state index is -0.345. The van der Waals surface area contributed by atoms with Crippen molar-refractivity contribution in [3.8, 4) is 11.3 Å². The van der Waals surface area contributed by atoms with Crippen LogP contribution in [0.25, 0.3) is 22.2 Å². The second kappa shape index (κ2) is 5.82. The molecule has 0 saturated heterocycles. The van der Waals surface area contributed by atoms with Gasteiger partial charge in [-0.1, -0.05) is 12.1 Å². The zero-order valence-corrected chi connectivity index (χ0v) is 13.7. The summed E-state index contributed by atoms with van der Waals surface area (Å²) in [5.41, 5.74) is 3.03. The quantitative estimate of drug-likeness (QED) is 0.619. The molecule has 0 atom stereocenters. The highest BCUT2D eigenvalue weighted by Crippen LogP contribution is 2.23. The molecule has 0 bridgehead atoms. The number of aryl methyl sites for hydroxylation is 2. The molecule has 4 rings (SSSR count). The number of aromatic nitrogens is 6. The maximum Gasteiger partial charge on any atom is 0.278 e. The minimum absolute atomic E-state index is 0.241. The first kappa shape index (κ1) is 15.0. The number of imidazole rings is 1. The van der Waals surface area contributed by atoms with Crippen LogP contribution in [0.5, 0.6) is 0 Å². The van der Waals surface area contributed by atoms with Crippen molar-refractivity contribution in [2.24, 2.45) is 14.1 Å². The maximum absolute atomic E-state index is 12.2. The molecule has 4 aromatic rings. The van der Waals surface area contributed by atoms with Gasteiger partial charge in [-0.05, 0) is 12.1 Å². The lowest BCUT2D eigenvalue weighted by Crippen LogP contribution is -2.15. The summed E-state index contributed by atoms with van der Waals surface area (Å²) in [7, 11) is 3.69. The highest BCUT2D eigenvalue weighted by atomic mass is 16.2. The van der Waals surface area contributed by atoms with Crippen LogP contribution in [0.2, 0.25) is 0 Å². The average Bonchev–Trinajstić information content (AvgIpc) is 3.22. The molecule has 8 heteroatoms. The summed E-state index contributed by atoms with van der Waals surface area (Å²) in [6.45, 7) is 0. The Bertz CT molecular complexity index is 1080. The molecule has 0 saturated carbocycles. The SMILES string of the molecule is Cn1ccc(C(=O)Nc2ncc3ccc(-c4cncn4C)cc3n2)n1. The van der Waals surface area contributed by atoms with Crippen molar-refractivity contribution in [2.45, 2.75) is 0 Å². The zero-order chi connectivity index (χ0) is 17.4. The number of nitrogens with zero attached hydrogens (tertiary/aromatic N) is 6. The molecule has 0 unspecified atom stereocenters. The standard InChI is InChI=1S/C17H15N7O/c1-23-10-18-9-15(23)11-3-4-12-8-19-17(20-14(12)7-11)21-16(25)13-5-6-24(2)22-13/h3-10H,1-2H3,(H,19,20,21,25). The van der Waals surface area contributed by atoms with E-state index in [4.69, 9.17) is 0 Å². The van der Waals surface area contributed by atoms with Crippen LogP contribution in [0.15, 0.2) is 49.2 Å². The number of carbonyl (C=O) groups is 1. The predicted octanol–water partition coefficient (Wildman–Crippen LogP) is 2.02. The van der Waals surface area contributed by atoms with Crippen LogP contribution in [0.4, 0.5) is 5.95 Å². The van der Waals surface area contributed by atoms with Crippen LogP contribution in [0, 0.1) is 0 Å². The van der Waals surface area contributed by atoms with Crippen LogP contribution in [-0.2, 0) is 14.1 Å². The third-order valence-electron chi connectivity index (χ3n) is 3.87. The lowest BCUT2D eigenvalue weighted by molar-refractivity contribution is 0.102. The highest BCUT2D eigenvalue weighted by Gasteiger charge is 2.11. The number of carbonyl (C=O) groups excluding carboxylic acids is 1. The van der Waals surface area contributed by atoms with E-state index in [1.54, 1.807) is 42.7 Å². The molecule has 3 heterocycles. The van der Waals surface area contributed by atoms with E-state index < -0.39 is 0 Å².